The Morgan fingerprint density at radius 2 is 1.73 bits per heavy atom. The molecule has 7 heterocycles. The van der Waals surface area contributed by atoms with E-state index in [1.54, 1.807) is 33.3 Å². The molecular formula is C62H65ClF2N10O7S. The summed E-state index contributed by atoms with van der Waals surface area (Å²) in [6, 6.07) is 22.4. The predicted octanol–water partition coefficient (Wildman–Crippen LogP) is 10.2. The Kier molecular flexibility index (Phi) is 16.3. The van der Waals surface area contributed by atoms with Crippen LogP contribution in [0.5, 0.6) is 11.8 Å². The number of thiazole rings is 1. The van der Waals surface area contributed by atoms with Crippen LogP contribution in [0.4, 0.5) is 20.4 Å². The molecule has 5 atom stereocenters. The number of nitrogens with zero attached hydrogens (tertiary/aromatic N) is 10. The Morgan fingerprint density at radius 1 is 0.976 bits per heavy atom. The zero-order valence-corrected chi connectivity index (χ0v) is 48.3. The van der Waals surface area contributed by atoms with Crippen molar-refractivity contribution in [2.24, 2.45) is 11.3 Å². The SMILES string of the molecule is C=C(F)C(=O)N1CCN(c2nc(OCCN3CCC4(CC3)CN(c3cc([C@H](C(=O)N5C[C@H](O)C[C@H]5C(=O)C[C@@H](C)c5ccc(-c6scnc6C)cc5)C(C)C)on3)C4)nc3c(F)c(-c4cc(O)cc5ccccc45)c(Cl)cc23)C[C@@H]1CC#N. The van der Waals surface area contributed by atoms with E-state index in [0.717, 1.165) is 60.7 Å². The fourth-order valence-corrected chi connectivity index (χ4v) is 13.8. The van der Waals surface area contributed by atoms with Crippen molar-refractivity contribution < 1.29 is 42.6 Å². The van der Waals surface area contributed by atoms with E-state index in [0.29, 0.717) is 34.5 Å². The number of anilines is 2. The van der Waals surface area contributed by atoms with Crippen LogP contribution in [0.3, 0.4) is 0 Å². The number of benzene rings is 4. The monoisotopic (exact) mass is 1170 g/mol. The minimum absolute atomic E-state index is 0.0289. The Morgan fingerprint density at radius 3 is 2.45 bits per heavy atom. The van der Waals surface area contributed by atoms with Crippen molar-refractivity contribution in [2.45, 2.75) is 89.8 Å². The number of piperazine rings is 1. The van der Waals surface area contributed by atoms with Crippen LogP contribution in [0.2, 0.25) is 5.02 Å². The summed E-state index contributed by atoms with van der Waals surface area (Å²) >= 11 is 8.55. The zero-order chi connectivity index (χ0) is 58.4. The number of hydrogen-bond donors (Lipinski definition) is 2. The molecule has 4 aromatic carbocycles. The topological polar surface area (TPSA) is 206 Å². The number of aromatic nitrogens is 4. The molecule has 4 saturated heterocycles. The number of aliphatic hydroxyl groups excluding tert-OH is 1. The van der Waals surface area contributed by atoms with Gasteiger partial charge in [-0.05, 0) is 90.4 Å². The Bertz CT molecular complexity index is 3670. The van der Waals surface area contributed by atoms with Crippen molar-refractivity contribution in [3.8, 4) is 39.4 Å². The summed E-state index contributed by atoms with van der Waals surface area (Å²) < 4.78 is 43.7. The van der Waals surface area contributed by atoms with Crippen LogP contribution < -0.4 is 14.5 Å². The Balaban J connectivity index is 0.731. The molecule has 2 N–H and O–H groups in total. The number of piperidine rings is 1. The minimum Gasteiger partial charge on any atom is -0.508 e. The van der Waals surface area contributed by atoms with Gasteiger partial charge in [-0.25, -0.2) is 13.8 Å². The molecule has 83 heavy (non-hydrogen) atoms. The maximum Gasteiger partial charge on any atom is 0.319 e. The highest BCUT2D eigenvalue weighted by molar-refractivity contribution is 7.13. The molecule has 432 valence electrons. The number of phenolic OH excluding ortho intramolecular Hbond substituents is 1. The summed E-state index contributed by atoms with van der Waals surface area (Å²) in [5.74, 6) is -2.85. The van der Waals surface area contributed by atoms with Crippen LogP contribution in [0.15, 0.2) is 95.2 Å². The number of ketones is 1. The molecule has 0 aliphatic carbocycles. The first-order valence-corrected chi connectivity index (χ1v) is 29.4. The summed E-state index contributed by atoms with van der Waals surface area (Å²) in [4.78, 5) is 65.3. The summed E-state index contributed by atoms with van der Waals surface area (Å²) in [6.45, 7) is 15.2. The Labute approximate surface area is 488 Å². The number of phenols is 1. The van der Waals surface area contributed by atoms with Gasteiger partial charge < -0.3 is 39.1 Å². The molecular weight excluding hydrogens is 1100 g/mol. The second-order valence-corrected chi connectivity index (χ2v) is 24.3. The molecule has 0 radical (unpaired) electrons. The first-order valence-electron chi connectivity index (χ1n) is 28.2. The number of aromatic hydroxyl groups is 1. The Hall–Kier alpha value is -7.57. The molecule has 3 aromatic heterocycles. The van der Waals surface area contributed by atoms with Crippen molar-refractivity contribution in [2.75, 3.05) is 75.3 Å². The van der Waals surface area contributed by atoms with E-state index in [4.69, 9.17) is 25.8 Å². The maximum absolute atomic E-state index is 17.3. The van der Waals surface area contributed by atoms with Crippen molar-refractivity contribution in [1.82, 2.24) is 34.8 Å². The van der Waals surface area contributed by atoms with Crippen LogP contribution in [0, 0.1) is 35.4 Å². The lowest BCUT2D eigenvalue weighted by Crippen LogP contribution is -2.60. The molecule has 11 rings (SSSR count). The molecule has 17 nitrogen and oxygen atoms in total. The average molecular weight is 1170 g/mol. The van der Waals surface area contributed by atoms with Crippen molar-refractivity contribution in [3.63, 3.8) is 0 Å². The van der Waals surface area contributed by atoms with E-state index in [1.165, 1.54) is 11.0 Å². The number of aryl methyl sites for hydroxylation is 1. The molecule has 0 unspecified atom stereocenters. The van der Waals surface area contributed by atoms with Crippen LogP contribution in [-0.2, 0) is 14.4 Å². The number of carbonyl (C=O) groups is 3. The summed E-state index contributed by atoms with van der Waals surface area (Å²) in [5.41, 5.74) is 5.26. The van der Waals surface area contributed by atoms with Crippen LogP contribution in [0.25, 0.3) is 43.2 Å². The minimum atomic E-state index is -1.13. The number of β-amino-alcohol motifs (C(OH)–C–C–N with tert-alkyl or cyclic N) is 1. The highest BCUT2D eigenvalue weighted by atomic mass is 35.5. The van der Waals surface area contributed by atoms with Crippen molar-refractivity contribution >= 4 is 73.8 Å². The van der Waals surface area contributed by atoms with Crippen LogP contribution >= 0.6 is 22.9 Å². The van der Waals surface area contributed by atoms with Gasteiger partial charge in [0.05, 0.1) is 51.8 Å². The molecule has 0 bridgehead atoms. The molecule has 0 saturated carbocycles. The van der Waals surface area contributed by atoms with Crippen LogP contribution in [0.1, 0.15) is 81.7 Å². The second kappa shape index (κ2) is 23.6. The number of rotatable bonds is 17. The number of halogens is 3. The zero-order valence-electron chi connectivity index (χ0n) is 46.7. The summed E-state index contributed by atoms with van der Waals surface area (Å²) in [6.07, 6.45) is 1.31. The van der Waals surface area contributed by atoms with Gasteiger partial charge >= 0.3 is 6.01 Å². The van der Waals surface area contributed by atoms with Gasteiger partial charge in [0.1, 0.15) is 29.6 Å². The normalized spacial score (nSPS) is 19.8. The number of Topliss-reactive ketones (excluding diaryl/α,β-unsaturated/α-hetero) is 1. The van der Waals surface area contributed by atoms with Crippen LogP contribution in [-0.4, -0.2) is 146 Å². The van der Waals surface area contributed by atoms with Crippen molar-refractivity contribution in [1.29, 1.82) is 5.26 Å². The lowest BCUT2D eigenvalue weighted by atomic mass is 9.72. The third-order valence-electron chi connectivity index (χ3n) is 17.2. The molecule has 2 amide bonds. The average Bonchev–Trinajstić information content (AvgIpc) is 1.88. The number of likely N-dealkylation sites (tertiary alicyclic amines) is 2. The fourth-order valence-electron chi connectivity index (χ4n) is 12.7. The highest BCUT2D eigenvalue weighted by Gasteiger charge is 2.47. The smallest absolute Gasteiger partial charge is 0.319 e. The molecule has 7 aromatic rings. The first kappa shape index (κ1) is 57.3. The van der Waals surface area contributed by atoms with Gasteiger partial charge in [0.25, 0.3) is 5.91 Å². The van der Waals surface area contributed by atoms with E-state index in [-0.39, 0.29) is 120 Å². The number of nitriles is 1. The van der Waals surface area contributed by atoms with E-state index >= 15 is 4.39 Å². The quantitative estimate of drug-likeness (QED) is 0.0814. The molecule has 4 fully saturated rings. The summed E-state index contributed by atoms with van der Waals surface area (Å²) in [7, 11) is 0. The lowest BCUT2D eigenvalue weighted by molar-refractivity contribution is -0.140. The lowest BCUT2D eigenvalue weighted by Gasteiger charge is -2.54. The van der Waals surface area contributed by atoms with Gasteiger partial charge in [-0.15, -0.1) is 11.3 Å². The van der Waals surface area contributed by atoms with Gasteiger partial charge in [0, 0.05) is 81.1 Å². The number of hydrogen-bond acceptors (Lipinski definition) is 16. The van der Waals surface area contributed by atoms with Gasteiger partial charge in [-0.1, -0.05) is 92.6 Å². The first-order chi connectivity index (χ1) is 39.9. The molecule has 1 spiro atoms. The van der Waals surface area contributed by atoms with Gasteiger partial charge in [0.15, 0.2) is 29.0 Å². The molecule has 4 aliphatic rings. The molecule has 4 aliphatic heterocycles. The number of ether oxygens (including phenoxy) is 1. The van der Waals surface area contributed by atoms with E-state index in [9.17, 15) is 34.2 Å². The highest BCUT2D eigenvalue weighted by Crippen LogP contribution is 2.45. The number of carbonyl (C=O) groups excluding carboxylic acids is 3. The predicted molar refractivity (Wildman–Crippen MR) is 314 cm³/mol. The maximum atomic E-state index is 17.3. The van der Waals surface area contributed by atoms with Gasteiger partial charge in [0.2, 0.25) is 5.91 Å². The van der Waals surface area contributed by atoms with Gasteiger partial charge in [-0.3, -0.25) is 19.3 Å². The van der Waals surface area contributed by atoms with E-state index in [1.807, 2.05) is 75.7 Å². The number of amides is 2. The van der Waals surface area contributed by atoms with E-state index in [2.05, 4.69) is 49.7 Å². The number of aliphatic hydroxyl groups is 1. The standard InChI is InChI=1S/C62H65ClF2N10O7S/c1-35(2)53(60(80)75-31-44(77)27-49(75)50(78)24-36(3)39-10-12-40(13-11-39)57-38(5)67-34-83-57)51-29-52(70-82-51)73-32-62(33-73)15-18-71(19-16-62)22-23-81-61-68-56-47(58(69-61)72-20-21-74(59(79)37(4)64)42(30-72)14-17-66)28-48(63)54(55(56)65)46-26-43(76)25-41-8-6-7-9-45(41)46/h6-13,25-26,28-29,34-36,42,44,49,53,76-77H,4,14-16,18-24,27,30-33H2,1-3,5H3/t36-,42+,44-,49+,53-/m1/s1. The van der Waals surface area contributed by atoms with Crippen molar-refractivity contribution in [3.05, 3.63) is 119 Å². The number of fused-ring (bicyclic) bond motifs is 2. The fraction of sp³-hybridized carbons (Fsp3) is 0.419. The molecule has 21 heteroatoms. The summed E-state index contributed by atoms with van der Waals surface area (Å²) in [5, 5.41) is 37.4. The van der Waals surface area contributed by atoms with E-state index < -0.39 is 41.7 Å². The second-order valence-electron chi connectivity index (χ2n) is 23.1. The largest absolute Gasteiger partial charge is 0.508 e. The third-order valence-corrected chi connectivity index (χ3v) is 18.5. The third kappa shape index (κ3) is 11.5. The van der Waals surface area contributed by atoms with Gasteiger partial charge in [-0.2, -0.15) is 15.2 Å².